The zero-order valence-electron chi connectivity index (χ0n) is 17.0. The molecule has 11 heteroatoms. The van der Waals surface area contributed by atoms with Crippen molar-refractivity contribution in [1.82, 2.24) is 4.90 Å². The van der Waals surface area contributed by atoms with Crippen LogP contribution in [0, 0.1) is 16.7 Å². The fourth-order valence-corrected chi connectivity index (χ4v) is 3.95. The van der Waals surface area contributed by atoms with Crippen LogP contribution in [0.2, 0.25) is 0 Å². The number of benzene rings is 1. The third-order valence-corrected chi connectivity index (χ3v) is 5.41. The van der Waals surface area contributed by atoms with Gasteiger partial charge in [0.05, 0.1) is 5.04 Å². The van der Waals surface area contributed by atoms with Gasteiger partial charge in [0.25, 0.3) is 0 Å². The highest BCUT2D eigenvalue weighted by Crippen LogP contribution is 2.25. The number of amidine groups is 2. The van der Waals surface area contributed by atoms with Crippen LogP contribution in [0.5, 0.6) is 5.75 Å². The quantitative estimate of drug-likeness (QED) is 0.213. The Morgan fingerprint density at radius 3 is 2.61 bits per heavy atom. The lowest BCUT2D eigenvalue weighted by atomic mass is 9.94. The SMILES string of the molecule is N=C(N)SC(=N)CC1CCN(C(/C=C\CCc2cccc(OC(F)(F)F)c2)=N/N)CC1. The average Bonchev–Trinajstić information content (AvgIpc) is 2.67. The van der Waals surface area contributed by atoms with E-state index < -0.39 is 6.36 Å². The number of allylic oxidation sites excluding steroid dienone is 1. The number of thioether (sulfide) groups is 1. The van der Waals surface area contributed by atoms with Crippen LogP contribution < -0.4 is 16.3 Å². The number of likely N-dealkylation sites (tertiary alicyclic amines) is 1. The molecule has 1 aliphatic rings. The van der Waals surface area contributed by atoms with Gasteiger partial charge in [0, 0.05) is 13.1 Å². The molecule has 0 amide bonds. The summed E-state index contributed by atoms with van der Waals surface area (Å²) in [7, 11) is 0. The molecule has 1 heterocycles. The van der Waals surface area contributed by atoms with Crippen LogP contribution in [0.4, 0.5) is 13.2 Å². The number of hydrogen-bond donors (Lipinski definition) is 4. The van der Waals surface area contributed by atoms with Crippen molar-refractivity contribution in [3.63, 3.8) is 0 Å². The molecular weight excluding hydrogens is 429 g/mol. The largest absolute Gasteiger partial charge is 0.573 e. The molecule has 1 fully saturated rings. The number of rotatable bonds is 7. The zero-order chi connectivity index (χ0) is 22.9. The van der Waals surface area contributed by atoms with Gasteiger partial charge >= 0.3 is 6.36 Å². The van der Waals surface area contributed by atoms with E-state index in [0.717, 1.165) is 43.3 Å². The van der Waals surface area contributed by atoms with E-state index in [-0.39, 0.29) is 10.9 Å². The summed E-state index contributed by atoms with van der Waals surface area (Å²) in [5, 5.41) is 19.3. The molecule has 170 valence electrons. The molecule has 1 aromatic rings. The number of aryl methyl sites for hydroxylation is 1. The van der Waals surface area contributed by atoms with Gasteiger partial charge in [-0.3, -0.25) is 10.8 Å². The normalized spacial score (nSPS) is 16.0. The van der Waals surface area contributed by atoms with Gasteiger partial charge in [-0.25, -0.2) is 0 Å². The average molecular weight is 457 g/mol. The number of piperidine rings is 1. The van der Waals surface area contributed by atoms with Crippen molar-refractivity contribution in [2.45, 2.75) is 38.5 Å². The minimum Gasteiger partial charge on any atom is -0.406 e. The first-order valence-electron chi connectivity index (χ1n) is 9.79. The predicted molar refractivity (Wildman–Crippen MR) is 118 cm³/mol. The number of halogens is 3. The molecule has 0 atom stereocenters. The third kappa shape index (κ3) is 9.33. The van der Waals surface area contributed by atoms with E-state index in [2.05, 4.69) is 14.7 Å². The minimum atomic E-state index is -4.70. The minimum absolute atomic E-state index is 0.0651. The predicted octanol–water partition coefficient (Wildman–Crippen LogP) is 4.05. The standard InChI is InChI=1S/C20H27F3N6OS/c21-20(22,23)30-16-6-3-5-14(12-16)4-1-2-7-18(28-27)29-10-8-15(9-11-29)13-17(24)31-19(25)26/h2-3,5-7,12,15,24H,1,4,8-11,13,27H2,(H3,25,26)/b7-2-,24-17?,28-18+. The van der Waals surface area contributed by atoms with Crippen LogP contribution in [0.25, 0.3) is 0 Å². The summed E-state index contributed by atoms with van der Waals surface area (Å²) in [6.07, 6.45) is 2.58. The molecule has 1 saturated heterocycles. The highest BCUT2D eigenvalue weighted by molar-refractivity contribution is 8.26. The van der Waals surface area contributed by atoms with Crippen LogP contribution >= 0.6 is 11.8 Å². The van der Waals surface area contributed by atoms with Crippen molar-refractivity contribution >= 4 is 27.8 Å². The Labute approximate surface area is 183 Å². The zero-order valence-corrected chi connectivity index (χ0v) is 17.8. The molecule has 1 aromatic carbocycles. The van der Waals surface area contributed by atoms with Gasteiger partial charge in [0.2, 0.25) is 0 Å². The van der Waals surface area contributed by atoms with Gasteiger partial charge < -0.3 is 21.2 Å². The fraction of sp³-hybridized carbons (Fsp3) is 0.450. The van der Waals surface area contributed by atoms with Crippen molar-refractivity contribution in [3.8, 4) is 5.75 Å². The molecule has 1 aliphatic heterocycles. The van der Waals surface area contributed by atoms with Crippen LogP contribution in [0.3, 0.4) is 0 Å². The number of nitrogens with one attached hydrogen (secondary N) is 2. The maximum Gasteiger partial charge on any atom is 0.573 e. The number of nitrogens with two attached hydrogens (primary N) is 2. The number of ether oxygens (including phenoxy) is 1. The van der Waals surface area contributed by atoms with E-state index in [9.17, 15) is 13.2 Å². The number of alkyl halides is 3. The van der Waals surface area contributed by atoms with Gasteiger partial charge in [-0.15, -0.1) is 13.2 Å². The van der Waals surface area contributed by atoms with E-state index in [1.54, 1.807) is 6.07 Å². The Kier molecular flexibility index (Phi) is 9.22. The van der Waals surface area contributed by atoms with Crippen molar-refractivity contribution in [3.05, 3.63) is 42.0 Å². The summed E-state index contributed by atoms with van der Waals surface area (Å²) < 4.78 is 40.9. The van der Waals surface area contributed by atoms with E-state index >= 15 is 0 Å². The van der Waals surface area contributed by atoms with Gasteiger partial charge in [-0.1, -0.05) is 18.2 Å². The van der Waals surface area contributed by atoms with E-state index in [4.69, 9.17) is 22.4 Å². The summed E-state index contributed by atoms with van der Waals surface area (Å²) in [5.74, 6) is 6.34. The molecule has 0 spiro atoms. The molecule has 0 bridgehead atoms. The molecule has 0 unspecified atom stereocenters. The Hall–Kier alpha value is -2.69. The smallest absolute Gasteiger partial charge is 0.406 e. The highest BCUT2D eigenvalue weighted by Gasteiger charge is 2.31. The second kappa shape index (κ2) is 11.6. The first kappa shape index (κ1) is 24.6. The highest BCUT2D eigenvalue weighted by atomic mass is 32.2. The molecule has 7 nitrogen and oxygen atoms in total. The Bertz CT molecular complexity index is 819. The molecule has 31 heavy (non-hydrogen) atoms. The maximum atomic E-state index is 12.3. The van der Waals surface area contributed by atoms with Crippen molar-refractivity contribution in [1.29, 1.82) is 10.8 Å². The van der Waals surface area contributed by atoms with E-state index in [1.165, 1.54) is 18.2 Å². The lowest BCUT2D eigenvalue weighted by Gasteiger charge is -2.33. The van der Waals surface area contributed by atoms with Crippen LogP contribution in [0.1, 0.15) is 31.2 Å². The Morgan fingerprint density at radius 1 is 1.29 bits per heavy atom. The number of hydrazone groups is 1. The van der Waals surface area contributed by atoms with Crippen molar-refractivity contribution in [2.24, 2.45) is 22.6 Å². The van der Waals surface area contributed by atoms with Crippen LogP contribution in [-0.4, -0.2) is 40.4 Å². The maximum absolute atomic E-state index is 12.3. The lowest BCUT2D eigenvalue weighted by Crippen LogP contribution is -2.38. The van der Waals surface area contributed by atoms with Crippen molar-refractivity contribution < 1.29 is 17.9 Å². The molecule has 2 rings (SSSR count). The lowest BCUT2D eigenvalue weighted by molar-refractivity contribution is -0.274. The fourth-order valence-electron chi connectivity index (χ4n) is 3.37. The molecule has 0 aliphatic carbocycles. The van der Waals surface area contributed by atoms with Gasteiger partial charge in [-0.05, 0) is 73.6 Å². The first-order chi connectivity index (χ1) is 14.7. The molecular formula is C20H27F3N6OS. The van der Waals surface area contributed by atoms with Gasteiger partial charge in [-0.2, -0.15) is 5.10 Å². The van der Waals surface area contributed by atoms with Gasteiger partial charge in [0.1, 0.15) is 11.6 Å². The summed E-state index contributed by atoms with van der Waals surface area (Å²) in [5.41, 5.74) is 6.05. The Morgan fingerprint density at radius 2 is 2.00 bits per heavy atom. The summed E-state index contributed by atoms with van der Waals surface area (Å²) >= 11 is 0.987. The second-order valence-corrected chi connectivity index (χ2v) is 8.28. The Balaban J connectivity index is 1.79. The molecule has 0 saturated carbocycles. The first-order valence-corrected chi connectivity index (χ1v) is 10.6. The summed E-state index contributed by atoms with van der Waals surface area (Å²) in [6.45, 7) is 1.53. The monoisotopic (exact) mass is 456 g/mol. The summed E-state index contributed by atoms with van der Waals surface area (Å²) in [6, 6.07) is 5.94. The van der Waals surface area contributed by atoms with Crippen molar-refractivity contribution in [2.75, 3.05) is 13.1 Å². The molecule has 6 N–H and O–H groups in total. The molecule has 0 aromatic heterocycles. The van der Waals surface area contributed by atoms with Crippen LogP contribution in [-0.2, 0) is 6.42 Å². The number of nitrogens with zero attached hydrogens (tertiary/aromatic N) is 2. The van der Waals surface area contributed by atoms with E-state index in [1.807, 2.05) is 12.2 Å². The number of hydrogen-bond acceptors (Lipinski definition) is 6. The topological polar surface area (TPSA) is 125 Å². The van der Waals surface area contributed by atoms with E-state index in [0.29, 0.717) is 36.1 Å². The summed E-state index contributed by atoms with van der Waals surface area (Å²) in [4.78, 5) is 2.08. The molecule has 0 radical (unpaired) electrons. The van der Waals surface area contributed by atoms with Crippen LogP contribution in [0.15, 0.2) is 41.5 Å². The third-order valence-electron chi connectivity index (χ3n) is 4.78. The van der Waals surface area contributed by atoms with Gasteiger partial charge in [0.15, 0.2) is 5.17 Å². The second-order valence-electron chi connectivity index (χ2n) is 7.15.